The molecule has 1 nitrogen and oxygen atoms in total. The molecule has 0 radical (unpaired) electrons. The third-order valence-electron chi connectivity index (χ3n) is 2.41. The molecule has 2 aromatic rings. The van der Waals surface area contributed by atoms with Crippen molar-refractivity contribution in [1.29, 1.82) is 5.26 Å². The van der Waals surface area contributed by atoms with E-state index in [1.54, 1.807) is 18.2 Å². The summed E-state index contributed by atoms with van der Waals surface area (Å²) in [6, 6.07) is 12.5. The molecule has 2 rings (SSSR count). The van der Waals surface area contributed by atoms with E-state index in [4.69, 9.17) is 5.26 Å². The van der Waals surface area contributed by atoms with E-state index in [1.807, 2.05) is 12.1 Å². The van der Waals surface area contributed by atoms with Gasteiger partial charge >= 0.3 is 0 Å². The predicted octanol–water partition coefficient (Wildman–Crippen LogP) is 3.70. The maximum atomic E-state index is 13.1. The van der Waals surface area contributed by atoms with Gasteiger partial charge in [0.15, 0.2) is 0 Å². The highest BCUT2D eigenvalue weighted by Crippen LogP contribution is 2.22. The fourth-order valence-electron chi connectivity index (χ4n) is 1.67. The summed E-state index contributed by atoms with van der Waals surface area (Å²) in [7, 11) is 0. The number of hydrogen-bond donors (Lipinski definition) is 0. The molecule has 0 aliphatic heterocycles. The van der Waals surface area contributed by atoms with Gasteiger partial charge in [-0.2, -0.15) is 5.26 Å². The Bertz CT molecular complexity index is 565. The average Bonchev–Trinajstić information content (AvgIpc) is 2.28. The highest BCUT2D eigenvalue weighted by Gasteiger charge is 2.03. The Labute approximate surface area is 97.9 Å². The summed E-state index contributed by atoms with van der Waals surface area (Å²) in [5, 5.41) is 8.60. The predicted molar refractivity (Wildman–Crippen MR) is 61.1 cm³/mol. The molecule has 0 bridgehead atoms. The van der Waals surface area contributed by atoms with Crippen molar-refractivity contribution in [2.24, 2.45) is 0 Å². The first-order chi connectivity index (χ1) is 8.19. The van der Waals surface area contributed by atoms with Crippen LogP contribution in [0.4, 0.5) is 8.78 Å². The first kappa shape index (κ1) is 11.3. The molecule has 0 N–H and O–H groups in total. The van der Waals surface area contributed by atoms with Gasteiger partial charge in [-0.15, -0.1) is 0 Å². The van der Waals surface area contributed by atoms with Crippen molar-refractivity contribution in [2.45, 2.75) is 6.42 Å². The summed E-state index contributed by atoms with van der Waals surface area (Å²) in [6.07, 6.45) is 0.283. The van der Waals surface area contributed by atoms with E-state index in [0.717, 1.165) is 11.6 Å². The highest BCUT2D eigenvalue weighted by atomic mass is 19.1. The van der Waals surface area contributed by atoms with Crippen LogP contribution in [0.25, 0.3) is 11.1 Å². The van der Waals surface area contributed by atoms with E-state index in [9.17, 15) is 8.78 Å². The lowest BCUT2D eigenvalue weighted by Crippen LogP contribution is -1.86. The molecule has 84 valence electrons. The van der Waals surface area contributed by atoms with Gasteiger partial charge in [0.25, 0.3) is 0 Å². The number of nitrogens with zero attached hydrogens (tertiary/aromatic N) is 1. The fraction of sp³-hybridized carbons (Fsp3) is 0.0714. The lowest BCUT2D eigenvalue weighted by Gasteiger charge is -2.04. The number of halogens is 2. The van der Waals surface area contributed by atoms with Crippen molar-refractivity contribution < 1.29 is 8.78 Å². The molecule has 0 atom stereocenters. The zero-order valence-electron chi connectivity index (χ0n) is 8.95. The molecule has 0 fully saturated rings. The van der Waals surface area contributed by atoms with E-state index < -0.39 is 11.6 Å². The van der Waals surface area contributed by atoms with Crippen LogP contribution in [-0.2, 0) is 6.42 Å². The second-order valence-electron chi connectivity index (χ2n) is 3.69. The van der Waals surface area contributed by atoms with Crippen LogP contribution in [0.5, 0.6) is 0 Å². The van der Waals surface area contributed by atoms with Gasteiger partial charge in [-0.1, -0.05) is 24.3 Å². The number of rotatable bonds is 2. The molecular formula is C14H9F2N. The third-order valence-corrected chi connectivity index (χ3v) is 2.41. The fourth-order valence-corrected chi connectivity index (χ4v) is 1.67. The monoisotopic (exact) mass is 229 g/mol. The van der Waals surface area contributed by atoms with Crippen LogP contribution in [0.3, 0.4) is 0 Å². The van der Waals surface area contributed by atoms with Gasteiger partial charge in [-0.25, -0.2) is 8.78 Å². The van der Waals surface area contributed by atoms with Crippen molar-refractivity contribution in [3.63, 3.8) is 0 Å². The summed E-state index contributed by atoms with van der Waals surface area (Å²) in [4.78, 5) is 0. The minimum Gasteiger partial charge on any atom is -0.207 e. The van der Waals surface area contributed by atoms with E-state index in [2.05, 4.69) is 0 Å². The van der Waals surface area contributed by atoms with Crippen LogP contribution in [0.15, 0.2) is 42.5 Å². The van der Waals surface area contributed by atoms with Gasteiger partial charge in [0.1, 0.15) is 11.6 Å². The van der Waals surface area contributed by atoms with Gasteiger partial charge in [0, 0.05) is 6.07 Å². The van der Waals surface area contributed by atoms with Gasteiger partial charge < -0.3 is 0 Å². The van der Waals surface area contributed by atoms with Crippen LogP contribution in [0.1, 0.15) is 5.56 Å². The molecule has 0 saturated carbocycles. The minimum absolute atomic E-state index is 0.283. The first-order valence-electron chi connectivity index (χ1n) is 5.11. The molecular weight excluding hydrogens is 220 g/mol. The van der Waals surface area contributed by atoms with Crippen LogP contribution in [-0.4, -0.2) is 0 Å². The SMILES string of the molecule is N#CCc1cccc(-c2cc(F)cc(F)c2)c1. The molecule has 0 aliphatic carbocycles. The van der Waals surface area contributed by atoms with Crippen molar-refractivity contribution >= 4 is 0 Å². The summed E-state index contributed by atoms with van der Waals surface area (Å²) in [6.45, 7) is 0. The molecule has 0 saturated heterocycles. The second kappa shape index (κ2) is 4.75. The lowest BCUT2D eigenvalue weighted by molar-refractivity contribution is 0.584. The topological polar surface area (TPSA) is 23.8 Å². The molecule has 0 amide bonds. The van der Waals surface area contributed by atoms with Crippen LogP contribution in [0, 0.1) is 23.0 Å². The summed E-state index contributed by atoms with van der Waals surface area (Å²) < 4.78 is 26.1. The molecule has 2 aromatic carbocycles. The van der Waals surface area contributed by atoms with E-state index >= 15 is 0 Å². The zero-order chi connectivity index (χ0) is 12.3. The Kier molecular flexibility index (Phi) is 3.15. The largest absolute Gasteiger partial charge is 0.207 e. The first-order valence-corrected chi connectivity index (χ1v) is 5.11. The molecule has 0 spiro atoms. The maximum Gasteiger partial charge on any atom is 0.126 e. The standard InChI is InChI=1S/C14H9F2N/c15-13-7-12(8-14(16)9-13)11-3-1-2-10(6-11)4-5-17/h1-3,6-9H,4H2. The van der Waals surface area contributed by atoms with Crippen molar-refractivity contribution in [3.8, 4) is 17.2 Å². The van der Waals surface area contributed by atoms with Gasteiger partial charge in [0.05, 0.1) is 12.5 Å². The molecule has 17 heavy (non-hydrogen) atoms. The molecule has 0 unspecified atom stereocenters. The van der Waals surface area contributed by atoms with Crippen LogP contribution >= 0.6 is 0 Å². The summed E-state index contributed by atoms with van der Waals surface area (Å²) in [5.41, 5.74) is 2.01. The smallest absolute Gasteiger partial charge is 0.126 e. The van der Waals surface area contributed by atoms with Gasteiger partial charge in [-0.3, -0.25) is 0 Å². The Balaban J connectivity index is 2.45. The van der Waals surface area contributed by atoms with Crippen molar-refractivity contribution in [3.05, 3.63) is 59.7 Å². The Morgan fingerprint density at radius 3 is 2.29 bits per heavy atom. The Hall–Kier alpha value is -2.21. The van der Waals surface area contributed by atoms with Crippen molar-refractivity contribution in [1.82, 2.24) is 0 Å². The second-order valence-corrected chi connectivity index (χ2v) is 3.69. The summed E-state index contributed by atoms with van der Waals surface area (Å²) >= 11 is 0. The Morgan fingerprint density at radius 1 is 0.941 bits per heavy atom. The van der Waals surface area contributed by atoms with E-state index in [-0.39, 0.29) is 6.42 Å². The number of hydrogen-bond acceptors (Lipinski definition) is 1. The quantitative estimate of drug-likeness (QED) is 0.770. The number of benzene rings is 2. The van der Waals surface area contributed by atoms with Crippen LogP contribution in [0.2, 0.25) is 0 Å². The summed E-state index contributed by atoms with van der Waals surface area (Å²) in [5.74, 6) is -1.21. The molecule has 0 heterocycles. The van der Waals surface area contributed by atoms with E-state index in [0.29, 0.717) is 11.1 Å². The molecule has 3 heteroatoms. The highest BCUT2D eigenvalue weighted by molar-refractivity contribution is 5.64. The molecule has 0 aliphatic rings. The molecule has 0 aromatic heterocycles. The zero-order valence-corrected chi connectivity index (χ0v) is 8.95. The minimum atomic E-state index is -0.606. The van der Waals surface area contributed by atoms with Crippen molar-refractivity contribution in [2.75, 3.05) is 0 Å². The van der Waals surface area contributed by atoms with Gasteiger partial charge in [-0.05, 0) is 28.8 Å². The van der Waals surface area contributed by atoms with Gasteiger partial charge in [0.2, 0.25) is 0 Å². The Morgan fingerprint density at radius 2 is 1.65 bits per heavy atom. The maximum absolute atomic E-state index is 13.1. The average molecular weight is 229 g/mol. The normalized spacial score (nSPS) is 9.94. The van der Waals surface area contributed by atoms with E-state index in [1.165, 1.54) is 12.1 Å². The number of nitriles is 1. The lowest BCUT2D eigenvalue weighted by atomic mass is 10.0. The third kappa shape index (κ3) is 2.67. The van der Waals surface area contributed by atoms with Crippen LogP contribution < -0.4 is 0 Å².